The average molecular weight is 335 g/mol. The number of ether oxygens (including phenoxy) is 1. The fourth-order valence-corrected chi connectivity index (χ4v) is 1.86. The van der Waals surface area contributed by atoms with Gasteiger partial charge in [-0.15, -0.1) is 10.2 Å². The van der Waals surface area contributed by atoms with Gasteiger partial charge in [-0.25, -0.2) is 4.79 Å². The highest BCUT2D eigenvalue weighted by Gasteiger charge is 2.32. The van der Waals surface area contributed by atoms with E-state index in [1.807, 2.05) is 0 Å². The molecular formula is C13H10ClF3N2O3. The third-order valence-corrected chi connectivity index (χ3v) is 2.85. The van der Waals surface area contributed by atoms with E-state index in [1.54, 1.807) is 6.92 Å². The molecule has 0 aliphatic rings. The summed E-state index contributed by atoms with van der Waals surface area (Å²) in [6.45, 7) is 3.01. The molecule has 2 aromatic rings. The third-order valence-electron chi connectivity index (χ3n) is 2.63. The summed E-state index contributed by atoms with van der Waals surface area (Å²) in [5.41, 5.74) is -1.35. The predicted molar refractivity (Wildman–Crippen MR) is 69.3 cm³/mol. The Balaban J connectivity index is 2.21. The molecule has 1 heterocycles. The quantitative estimate of drug-likeness (QED) is 0.795. The van der Waals surface area contributed by atoms with E-state index in [2.05, 4.69) is 10.2 Å². The Labute approximate surface area is 128 Å². The minimum atomic E-state index is -4.62. The van der Waals surface area contributed by atoms with Crippen LogP contribution in [0.2, 0.25) is 5.02 Å². The van der Waals surface area contributed by atoms with Crippen LogP contribution in [0.3, 0.4) is 0 Å². The van der Waals surface area contributed by atoms with Crippen LogP contribution in [-0.4, -0.2) is 16.2 Å². The lowest BCUT2D eigenvalue weighted by Gasteiger charge is -2.12. The van der Waals surface area contributed by atoms with Gasteiger partial charge in [0.25, 0.3) is 5.89 Å². The van der Waals surface area contributed by atoms with Gasteiger partial charge in [0.2, 0.25) is 5.89 Å². The number of aromatic nitrogens is 2. The first-order valence-electron chi connectivity index (χ1n) is 6.05. The Kier molecular flexibility index (Phi) is 4.41. The van der Waals surface area contributed by atoms with Crippen molar-refractivity contribution in [1.82, 2.24) is 10.2 Å². The van der Waals surface area contributed by atoms with Gasteiger partial charge in [-0.3, -0.25) is 0 Å². The van der Waals surface area contributed by atoms with Crippen LogP contribution in [0, 0.1) is 6.92 Å². The number of benzene rings is 1. The average Bonchev–Trinajstić information content (AvgIpc) is 2.83. The first-order valence-corrected chi connectivity index (χ1v) is 6.43. The van der Waals surface area contributed by atoms with Crippen LogP contribution in [0.5, 0.6) is 0 Å². The molecular weight excluding hydrogens is 325 g/mol. The Morgan fingerprint density at radius 2 is 2.00 bits per heavy atom. The van der Waals surface area contributed by atoms with Crippen molar-refractivity contribution in [3.05, 3.63) is 46.1 Å². The normalized spacial score (nSPS) is 13.0. The molecule has 0 spiro atoms. The van der Waals surface area contributed by atoms with Crippen molar-refractivity contribution in [3.63, 3.8) is 0 Å². The summed E-state index contributed by atoms with van der Waals surface area (Å²) in [4.78, 5) is 11.9. The molecule has 1 aromatic carbocycles. The van der Waals surface area contributed by atoms with E-state index in [9.17, 15) is 18.0 Å². The molecule has 0 fully saturated rings. The molecule has 22 heavy (non-hydrogen) atoms. The number of esters is 1. The van der Waals surface area contributed by atoms with Gasteiger partial charge >= 0.3 is 12.1 Å². The highest BCUT2D eigenvalue weighted by Crippen LogP contribution is 2.32. The molecule has 0 saturated carbocycles. The number of nitrogens with zero attached hydrogens (tertiary/aromatic N) is 2. The highest BCUT2D eigenvalue weighted by atomic mass is 35.5. The topological polar surface area (TPSA) is 65.2 Å². The lowest BCUT2D eigenvalue weighted by Crippen LogP contribution is -2.12. The second-order valence-corrected chi connectivity index (χ2v) is 4.87. The van der Waals surface area contributed by atoms with Crippen molar-refractivity contribution >= 4 is 17.6 Å². The maximum Gasteiger partial charge on any atom is 0.416 e. The molecule has 0 saturated heterocycles. The van der Waals surface area contributed by atoms with Gasteiger partial charge in [-0.1, -0.05) is 11.6 Å². The van der Waals surface area contributed by atoms with Gasteiger partial charge in [0.1, 0.15) is 0 Å². The van der Waals surface area contributed by atoms with Crippen molar-refractivity contribution in [2.45, 2.75) is 26.1 Å². The van der Waals surface area contributed by atoms with Gasteiger partial charge in [0.05, 0.1) is 11.1 Å². The van der Waals surface area contributed by atoms with Gasteiger partial charge in [-0.2, -0.15) is 13.2 Å². The van der Waals surface area contributed by atoms with Crippen LogP contribution in [0.15, 0.2) is 22.6 Å². The van der Waals surface area contributed by atoms with Gasteiger partial charge < -0.3 is 9.15 Å². The smallest absolute Gasteiger partial charge is 0.416 e. The Bertz CT molecular complexity index is 700. The summed E-state index contributed by atoms with van der Waals surface area (Å²) in [5, 5.41) is 7.02. The summed E-state index contributed by atoms with van der Waals surface area (Å²) in [5.74, 6) is -0.653. The fraction of sp³-hybridized carbons (Fsp3) is 0.308. The predicted octanol–water partition coefficient (Wildman–Crippen LogP) is 3.97. The number of carbonyl (C=O) groups is 1. The van der Waals surface area contributed by atoms with E-state index in [-0.39, 0.29) is 22.4 Å². The maximum absolute atomic E-state index is 12.7. The molecule has 2 rings (SSSR count). The van der Waals surface area contributed by atoms with E-state index in [0.29, 0.717) is 6.07 Å². The van der Waals surface area contributed by atoms with Crippen LogP contribution < -0.4 is 0 Å². The minimum Gasteiger partial charge on any atom is -0.449 e. The number of alkyl halides is 3. The molecule has 0 N–H and O–H groups in total. The van der Waals surface area contributed by atoms with Crippen molar-refractivity contribution < 1.29 is 27.1 Å². The van der Waals surface area contributed by atoms with Gasteiger partial charge in [0, 0.05) is 11.9 Å². The van der Waals surface area contributed by atoms with Crippen molar-refractivity contribution in [2.24, 2.45) is 0 Å². The first-order chi connectivity index (χ1) is 10.2. The van der Waals surface area contributed by atoms with E-state index in [4.69, 9.17) is 20.8 Å². The molecule has 1 atom stereocenters. The van der Waals surface area contributed by atoms with Gasteiger partial charge in [0.15, 0.2) is 6.10 Å². The molecule has 5 nitrogen and oxygen atoms in total. The first kappa shape index (κ1) is 16.3. The number of carbonyl (C=O) groups excluding carboxylic acids is 1. The van der Waals surface area contributed by atoms with Crippen LogP contribution in [0.4, 0.5) is 13.2 Å². The Hall–Kier alpha value is -2.09. The highest BCUT2D eigenvalue weighted by molar-refractivity contribution is 6.31. The molecule has 0 aliphatic carbocycles. The summed E-state index contributed by atoms with van der Waals surface area (Å²) in [6.07, 6.45) is -5.52. The number of aryl methyl sites for hydroxylation is 1. The van der Waals surface area contributed by atoms with E-state index >= 15 is 0 Å². The van der Waals surface area contributed by atoms with E-state index in [1.165, 1.54) is 6.92 Å². The monoisotopic (exact) mass is 334 g/mol. The molecule has 1 unspecified atom stereocenters. The van der Waals surface area contributed by atoms with Crippen LogP contribution in [0.1, 0.15) is 40.7 Å². The molecule has 0 amide bonds. The largest absolute Gasteiger partial charge is 0.449 e. The maximum atomic E-state index is 12.7. The van der Waals surface area contributed by atoms with Crippen molar-refractivity contribution in [1.29, 1.82) is 0 Å². The van der Waals surface area contributed by atoms with Crippen LogP contribution in [-0.2, 0) is 10.9 Å². The summed E-state index contributed by atoms with van der Waals surface area (Å²) < 4.78 is 48.2. The fourth-order valence-electron chi connectivity index (χ4n) is 1.63. The number of halogens is 4. The standard InChI is InChI=1S/C13H10ClF3N2O3/c1-6(11-19-18-7(2)22-11)21-12(20)8-3-9(13(15,16)17)5-10(14)4-8/h3-6H,1-2H3. The molecule has 9 heteroatoms. The Morgan fingerprint density at radius 3 is 2.55 bits per heavy atom. The minimum absolute atomic E-state index is 0.0453. The zero-order chi connectivity index (χ0) is 16.5. The van der Waals surface area contributed by atoms with Gasteiger partial charge in [-0.05, 0) is 25.1 Å². The van der Waals surface area contributed by atoms with Crippen LogP contribution in [0.25, 0.3) is 0 Å². The zero-order valence-electron chi connectivity index (χ0n) is 11.4. The lowest BCUT2D eigenvalue weighted by molar-refractivity contribution is -0.137. The number of hydrogen-bond donors (Lipinski definition) is 0. The SMILES string of the molecule is Cc1nnc(C(C)OC(=O)c2cc(Cl)cc(C(F)(F)F)c2)o1. The second kappa shape index (κ2) is 5.96. The number of rotatable bonds is 3. The van der Waals surface area contributed by atoms with E-state index < -0.39 is 23.8 Å². The summed E-state index contributed by atoms with van der Waals surface area (Å²) in [7, 11) is 0. The second-order valence-electron chi connectivity index (χ2n) is 4.43. The third kappa shape index (κ3) is 3.76. The summed E-state index contributed by atoms with van der Waals surface area (Å²) in [6, 6.07) is 2.48. The van der Waals surface area contributed by atoms with Crippen molar-refractivity contribution in [2.75, 3.05) is 0 Å². The van der Waals surface area contributed by atoms with Crippen molar-refractivity contribution in [3.8, 4) is 0 Å². The zero-order valence-corrected chi connectivity index (χ0v) is 12.2. The van der Waals surface area contributed by atoms with E-state index in [0.717, 1.165) is 12.1 Å². The molecule has 118 valence electrons. The lowest BCUT2D eigenvalue weighted by atomic mass is 10.1. The molecule has 0 radical (unpaired) electrons. The Morgan fingerprint density at radius 1 is 1.32 bits per heavy atom. The molecule has 1 aromatic heterocycles. The molecule has 0 bridgehead atoms. The van der Waals surface area contributed by atoms with Crippen LogP contribution >= 0.6 is 11.6 Å². The molecule has 0 aliphatic heterocycles. The summed E-state index contributed by atoms with van der Waals surface area (Å²) >= 11 is 5.61. The number of hydrogen-bond acceptors (Lipinski definition) is 5.